The molecule has 70 valence electrons. The molecule has 0 aliphatic carbocycles. The molecule has 0 unspecified atom stereocenters. The predicted octanol–water partition coefficient (Wildman–Crippen LogP) is 0.166. The summed E-state index contributed by atoms with van der Waals surface area (Å²) < 4.78 is 0. The smallest absolute Gasteiger partial charge is 0.194 e. The number of fused-ring (bicyclic) bond motifs is 1. The Morgan fingerprint density at radius 1 is 1.29 bits per heavy atom. The van der Waals surface area contributed by atoms with Crippen LogP contribution in [0.4, 0.5) is 0 Å². The molecule has 2 aromatic rings. The minimum Gasteiger partial charge on any atom is -0.324 e. The first-order valence-electron chi connectivity index (χ1n) is 4.12. The zero-order valence-electron chi connectivity index (χ0n) is 7.34. The lowest BCUT2D eigenvalue weighted by molar-refractivity contribution is 0.0997. The van der Waals surface area contributed by atoms with E-state index in [2.05, 4.69) is 15.0 Å². The molecule has 0 atom stereocenters. The lowest BCUT2D eigenvalue weighted by Gasteiger charge is -1.98. The highest BCUT2D eigenvalue weighted by Gasteiger charge is 2.06. The van der Waals surface area contributed by atoms with Crippen molar-refractivity contribution in [1.82, 2.24) is 15.0 Å². The van der Waals surface area contributed by atoms with Crippen molar-refractivity contribution < 1.29 is 4.79 Å². The zero-order valence-corrected chi connectivity index (χ0v) is 7.34. The lowest BCUT2D eigenvalue weighted by atomic mass is 10.2. The molecule has 5 nitrogen and oxygen atoms in total. The molecule has 2 aromatic heterocycles. The average molecular weight is 188 g/mol. The van der Waals surface area contributed by atoms with E-state index in [0.29, 0.717) is 16.9 Å². The molecule has 0 bridgehead atoms. The van der Waals surface area contributed by atoms with E-state index in [1.165, 1.54) is 6.20 Å². The number of ketones is 1. The fourth-order valence-corrected chi connectivity index (χ4v) is 1.11. The topological polar surface area (TPSA) is 81.8 Å². The fourth-order valence-electron chi connectivity index (χ4n) is 1.11. The van der Waals surface area contributed by atoms with E-state index >= 15 is 0 Å². The van der Waals surface area contributed by atoms with Crippen molar-refractivity contribution >= 4 is 16.9 Å². The van der Waals surface area contributed by atoms with Crippen LogP contribution >= 0.6 is 0 Å². The number of Topliss-reactive ketones (excluding diaryl/α,β-unsaturated/α-hetero) is 1. The van der Waals surface area contributed by atoms with E-state index in [1.54, 1.807) is 18.3 Å². The number of hydrogen-bond donors (Lipinski definition) is 1. The molecular weight excluding hydrogens is 180 g/mol. The molecule has 0 aliphatic rings. The van der Waals surface area contributed by atoms with Gasteiger partial charge in [0.15, 0.2) is 11.4 Å². The van der Waals surface area contributed by atoms with Gasteiger partial charge in [0.05, 0.1) is 6.54 Å². The summed E-state index contributed by atoms with van der Waals surface area (Å²) in [5.41, 5.74) is 6.69. The number of rotatable bonds is 2. The summed E-state index contributed by atoms with van der Waals surface area (Å²) in [5.74, 6) is -0.197. The number of carbonyl (C=O) groups excluding carboxylic acids is 1. The first kappa shape index (κ1) is 8.71. The molecule has 0 aromatic carbocycles. The summed E-state index contributed by atoms with van der Waals surface area (Å²) >= 11 is 0. The quantitative estimate of drug-likeness (QED) is 0.679. The van der Waals surface area contributed by atoms with Crippen LogP contribution in [0.2, 0.25) is 0 Å². The molecule has 0 radical (unpaired) electrons. The molecule has 0 saturated carbocycles. The second kappa shape index (κ2) is 3.47. The van der Waals surface area contributed by atoms with Crippen LogP contribution in [0, 0.1) is 0 Å². The van der Waals surface area contributed by atoms with Crippen LogP contribution in [0.3, 0.4) is 0 Å². The second-order valence-electron chi connectivity index (χ2n) is 2.72. The molecule has 14 heavy (non-hydrogen) atoms. The maximum Gasteiger partial charge on any atom is 0.194 e. The van der Waals surface area contributed by atoms with Crippen LogP contribution in [0.1, 0.15) is 10.5 Å². The summed E-state index contributed by atoms with van der Waals surface area (Å²) in [5, 5.41) is 0. The summed E-state index contributed by atoms with van der Waals surface area (Å²) in [6.07, 6.45) is 3.11. The summed E-state index contributed by atoms with van der Waals surface area (Å²) in [6, 6.07) is 3.31. The van der Waals surface area contributed by atoms with Crippen molar-refractivity contribution in [1.29, 1.82) is 0 Å². The normalized spacial score (nSPS) is 10.4. The van der Waals surface area contributed by atoms with Crippen molar-refractivity contribution in [2.75, 3.05) is 6.54 Å². The number of nitrogens with two attached hydrogens (primary N) is 1. The predicted molar refractivity (Wildman–Crippen MR) is 50.7 cm³/mol. The van der Waals surface area contributed by atoms with Gasteiger partial charge < -0.3 is 5.73 Å². The molecule has 2 rings (SSSR count). The number of carbonyl (C=O) groups is 1. The molecule has 2 N–H and O–H groups in total. The fraction of sp³-hybridized carbons (Fsp3) is 0.111. The Labute approximate surface area is 80.0 Å². The first-order valence-corrected chi connectivity index (χ1v) is 4.12. The minimum absolute atomic E-state index is 0.0429. The lowest BCUT2D eigenvalue weighted by Crippen LogP contribution is -2.15. The number of hydrogen-bond acceptors (Lipinski definition) is 5. The number of aromatic nitrogens is 3. The largest absolute Gasteiger partial charge is 0.324 e. The van der Waals surface area contributed by atoms with Crippen LogP contribution in [0.5, 0.6) is 0 Å². The maximum absolute atomic E-state index is 11.2. The van der Waals surface area contributed by atoms with Gasteiger partial charge in [0.1, 0.15) is 11.2 Å². The van der Waals surface area contributed by atoms with E-state index in [4.69, 9.17) is 5.73 Å². The standard InChI is InChI=1S/C9H8N4O/c10-5-8(14)6-1-2-7-9(13-6)12-4-3-11-7/h1-4H,5,10H2. The molecular formula is C9H8N4O. The Balaban J connectivity index is 2.56. The Bertz CT molecular complexity index is 483. The van der Waals surface area contributed by atoms with E-state index in [1.807, 2.05) is 0 Å². The average Bonchev–Trinajstić information content (AvgIpc) is 2.27. The van der Waals surface area contributed by atoms with Crippen molar-refractivity contribution in [3.63, 3.8) is 0 Å². The third kappa shape index (κ3) is 1.45. The van der Waals surface area contributed by atoms with E-state index < -0.39 is 0 Å². The van der Waals surface area contributed by atoms with Crippen LogP contribution < -0.4 is 5.73 Å². The summed E-state index contributed by atoms with van der Waals surface area (Å²) in [7, 11) is 0. The molecule has 0 amide bonds. The highest BCUT2D eigenvalue weighted by molar-refractivity contribution is 5.96. The van der Waals surface area contributed by atoms with Gasteiger partial charge in [-0.05, 0) is 12.1 Å². The van der Waals surface area contributed by atoms with Gasteiger partial charge in [-0.3, -0.25) is 9.78 Å². The van der Waals surface area contributed by atoms with Gasteiger partial charge >= 0.3 is 0 Å². The van der Waals surface area contributed by atoms with Crippen LogP contribution in [-0.4, -0.2) is 27.3 Å². The molecule has 0 fully saturated rings. The van der Waals surface area contributed by atoms with Crippen molar-refractivity contribution in [3.8, 4) is 0 Å². The maximum atomic E-state index is 11.2. The summed E-state index contributed by atoms with van der Waals surface area (Å²) in [6.45, 7) is -0.0429. The van der Waals surface area contributed by atoms with Gasteiger partial charge in [-0.25, -0.2) is 9.97 Å². The van der Waals surface area contributed by atoms with Crippen molar-refractivity contribution in [2.24, 2.45) is 5.73 Å². The Morgan fingerprint density at radius 2 is 2.07 bits per heavy atom. The van der Waals surface area contributed by atoms with Crippen molar-refractivity contribution in [2.45, 2.75) is 0 Å². The molecule has 5 heteroatoms. The van der Waals surface area contributed by atoms with E-state index in [9.17, 15) is 4.79 Å². The van der Waals surface area contributed by atoms with Gasteiger partial charge in [-0.15, -0.1) is 0 Å². The van der Waals surface area contributed by atoms with Crippen LogP contribution in [0.25, 0.3) is 11.2 Å². The van der Waals surface area contributed by atoms with E-state index in [-0.39, 0.29) is 12.3 Å². The van der Waals surface area contributed by atoms with Gasteiger partial charge in [0.25, 0.3) is 0 Å². The van der Waals surface area contributed by atoms with Gasteiger partial charge in [0.2, 0.25) is 0 Å². The monoisotopic (exact) mass is 188 g/mol. The summed E-state index contributed by atoms with van der Waals surface area (Å²) in [4.78, 5) is 23.3. The van der Waals surface area contributed by atoms with Crippen molar-refractivity contribution in [3.05, 3.63) is 30.2 Å². The molecule has 0 saturated heterocycles. The van der Waals surface area contributed by atoms with Gasteiger partial charge in [-0.1, -0.05) is 0 Å². The first-order chi connectivity index (χ1) is 6.81. The highest BCUT2D eigenvalue weighted by atomic mass is 16.1. The molecule has 2 heterocycles. The molecule has 0 spiro atoms. The van der Waals surface area contributed by atoms with Crippen LogP contribution in [-0.2, 0) is 0 Å². The van der Waals surface area contributed by atoms with Gasteiger partial charge in [-0.2, -0.15) is 0 Å². The third-order valence-corrected chi connectivity index (χ3v) is 1.80. The Morgan fingerprint density at radius 3 is 2.86 bits per heavy atom. The Kier molecular flexibility index (Phi) is 2.16. The highest BCUT2D eigenvalue weighted by Crippen LogP contribution is 2.06. The molecule has 0 aliphatic heterocycles. The van der Waals surface area contributed by atoms with Gasteiger partial charge in [0, 0.05) is 12.4 Å². The minimum atomic E-state index is -0.197. The second-order valence-corrected chi connectivity index (χ2v) is 2.72. The van der Waals surface area contributed by atoms with Crippen LogP contribution in [0.15, 0.2) is 24.5 Å². The third-order valence-electron chi connectivity index (χ3n) is 1.80. The Hall–Kier alpha value is -1.88. The SMILES string of the molecule is NCC(=O)c1ccc2nccnc2n1. The zero-order chi connectivity index (χ0) is 9.97. The number of pyridine rings is 1. The van der Waals surface area contributed by atoms with E-state index in [0.717, 1.165) is 0 Å². The number of nitrogens with zero attached hydrogens (tertiary/aromatic N) is 3.